The van der Waals surface area contributed by atoms with E-state index in [1.54, 1.807) is 0 Å². The predicted molar refractivity (Wildman–Crippen MR) is 95.3 cm³/mol. The van der Waals surface area contributed by atoms with Crippen LogP contribution in [0.4, 0.5) is 0 Å². The van der Waals surface area contributed by atoms with Crippen molar-refractivity contribution in [3.8, 4) is 0 Å². The zero-order valence-electron chi connectivity index (χ0n) is 15.5. The lowest BCUT2D eigenvalue weighted by molar-refractivity contribution is -0.137. The number of amides is 1. The van der Waals surface area contributed by atoms with E-state index in [2.05, 4.69) is 30.6 Å². The van der Waals surface area contributed by atoms with Gasteiger partial charge in [-0.2, -0.15) is 0 Å². The van der Waals surface area contributed by atoms with Crippen molar-refractivity contribution in [2.75, 3.05) is 32.7 Å². The van der Waals surface area contributed by atoms with E-state index in [0.717, 1.165) is 50.7 Å². The van der Waals surface area contributed by atoms with Gasteiger partial charge in [0.15, 0.2) is 0 Å². The summed E-state index contributed by atoms with van der Waals surface area (Å²) in [5, 5.41) is 0. The normalized spacial score (nSPS) is 31.0. The highest BCUT2D eigenvalue weighted by atomic mass is 16.2. The number of hydrogen-bond donors (Lipinski definition) is 0. The second-order valence-corrected chi connectivity index (χ2v) is 9.34. The van der Waals surface area contributed by atoms with Crippen molar-refractivity contribution in [3.63, 3.8) is 0 Å². The molecule has 3 nitrogen and oxygen atoms in total. The summed E-state index contributed by atoms with van der Waals surface area (Å²) in [7, 11) is 0. The van der Waals surface area contributed by atoms with E-state index in [0.29, 0.717) is 17.2 Å². The predicted octanol–water partition coefficient (Wildman–Crippen LogP) is 3.78. The van der Waals surface area contributed by atoms with Crippen LogP contribution in [0, 0.1) is 23.2 Å². The maximum atomic E-state index is 12.9. The van der Waals surface area contributed by atoms with E-state index in [4.69, 9.17) is 0 Å². The number of rotatable bonds is 3. The molecule has 0 spiro atoms. The van der Waals surface area contributed by atoms with Crippen LogP contribution in [0.3, 0.4) is 0 Å². The monoisotopic (exact) mass is 320 g/mol. The molecular weight excluding hydrogens is 284 g/mol. The molecule has 0 atom stereocenters. The Hall–Kier alpha value is -0.570. The summed E-state index contributed by atoms with van der Waals surface area (Å²) in [5.74, 6) is 2.53. The molecule has 0 radical (unpaired) electrons. The molecule has 0 aromatic carbocycles. The van der Waals surface area contributed by atoms with E-state index < -0.39 is 0 Å². The molecule has 3 aliphatic rings. The second kappa shape index (κ2) is 7.13. The van der Waals surface area contributed by atoms with Crippen LogP contribution in [-0.2, 0) is 4.79 Å². The first-order valence-corrected chi connectivity index (χ1v) is 9.94. The van der Waals surface area contributed by atoms with Crippen molar-refractivity contribution >= 4 is 5.91 Å². The fourth-order valence-corrected chi connectivity index (χ4v) is 4.50. The second-order valence-electron chi connectivity index (χ2n) is 9.34. The van der Waals surface area contributed by atoms with Gasteiger partial charge in [0, 0.05) is 32.1 Å². The van der Waals surface area contributed by atoms with E-state index in [9.17, 15) is 4.79 Å². The van der Waals surface area contributed by atoms with Crippen LogP contribution in [0.15, 0.2) is 0 Å². The molecule has 1 heterocycles. The van der Waals surface area contributed by atoms with Crippen molar-refractivity contribution in [2.24, 2.45) is 23.2 Å². The van der Waals surface area contributed by atoms with Crippen LogP contribution in [0.2, 0.25) is 0 Å². The molecule has 2 aliphatic carbocycles. The summed E-state index contributed by atoms with van der Waals surface area (Å²) in [6.07, 6.45) is 8.72. The van der Waals surface area contributed by atoms with Gasteiger partial charge in [0.2, 0.25) is 5.91 Å². The van der Waals surface area contributed by atoms with Gasteiger partial charge in [-0.25, -0.2) is 0 Å². The number of hydrogen-bond acceptors (Lipinski definition) is 2. The number of carbonyl (C=O) groups excluding carboxylic acids is 1. The minimum Gasteiger partial charge on any atom is -0.341 e. The third kappa shape index (κ3) is 4.71. The Balaban J connectivity index is 1.46. The van der Waals surface area contributed by atoms with Crippen LogP contribution in [-0.4, -0.2) is 48.4 Å². The smallest absolute Gasteiger partial charge is 0.225 e. The fourth-order valence-electron chi connectivity index (χ4n) is 4.50. The summed E-state index contributed by atoms with van der Waals surface area (Å²) in [5.41, 5.74) is 0.403. The first-order valence-electron chi connectivity index (χ1n) is 9.94. The highest BCUT2D eigenvalue weighted by Crippen LogP contribution is 2.40. The number of nitrogens with zero attached hydrogens (tertiary/aromatic N) is 2. The Labute approximate surface area is 142 Å². The molecular formula is C20H36N2O. The van der Waals surface area contributed by atoms with E-state index in [-0.39, 0.29) is 0 Å². The molecule has 132 valence electrons. The molecule has 0 aromatic rings. The summed E-state index contributed by atoms with van der Waals surface area (Å²) >= 11 is 0. The van der Waals surface area contributed by atoms with Gasteiger partial charge in [-0.05, 0) is 68.7 Å². The van der Waals surface area contributed by atoms with E-state index >= 15 is 0 Å². The Morgan fingerprint density at radius 2 is 1.61 bits per heavy atom. The minimum absolute atomic E-state index is 0.309. The summed E-state index contributed by atoms with van der Waals surface area (Å²) in [6.45, 7) is 12.6. The van der Waals surface area contributed by atoms with Crippen LogP contribution < -0.4 is 0 Å². The lowest BCUT2D eigenvalue weighted by Crippen LogP contribution is -2.41. The van der Waals surface area contributed by atoms with E-state index in [1.165, 1.54) is 38.8 Å². The Bertz CT molecular complexity index is 402. The van der Waals surface area contributed by atoms with Crippen molar-refractivity contribution in [3.05, 3.63) is 0 Å². The van der Waals surface area contributed by atoms with Gasteiger partial charge in [-0.15, -0.1) is 0 Å². The average molecular weight is 321 g/mol. The third-order valence-electron chi connectivity index (χ3n) is 6.41. The molecule has 3 fully saturated rings. The van der Waals surface area contributed by atoms with Gasteiger partial charge < -0.3 is 9.80 Å². The highest BCUT2D eigenvalue weighted by molar-refractivity contribution is 5.79. The SMILES string of the molecule is CC(C)(C)C1CCC(C(=O)N2CCCN(CC3CC3)CC2)CC1. The van der Waals surface area contributed by atoms with Crippen molar-refractivity contribution in [1.82, 2.24) is 9.80 Å². The molecule has 3 rings (SSSR count). The first-order chi connectivity index (χ1) is 10.9. The fraction of sp³-hybridized carbons (Fsp3) is 0.950. The molecule has 23 heavy (non-hydrogen) atoms. The molecule has 0 aromatic heterocycles. The largest absolute Gasteiger partial charge is 0.341 e. The van der Waals surface area contributed by atoms with Crippen molar-refractivity contribution in [2.45, 2.75) is 65.7 Å². The van der Waals surface area contributed by atoms with Gasteiger partial charge >= 0.3 is 0 Å². The molecule has 0 bridgehead atoms. The quantitative estimate of drug-likeness (QED) is 0.790. The minimum atomic E-state index is 0.309. The summed E-state index contributed by atoms with van der Waals surface area (Å²) in [6, 6.07) is 0. The average Bonchev–Trinajstić information content (AvgIpc) is 3.34. The molecule has 0 unspecified atom stereocenters. The molecule has 1 amide bonds. The molecule has 1 saturated heterocycles. The number of carbonyl (C=O) groups is 1. The van der Waals surface area contributed by atoms with Gasteiger partial charge in [-0.3, -0.25) is 4.79 Å². The lowest BCUT2D eigenvalue weighted by Gasteiger charge is -2.37. The Morgan fingerprint density at radius 1 is 0.913 bits per heavy atom. The van der Waals surface area contributed by atoms with Crippen LogP contribution in [0.5, 0.6) is 0 Å². The van der Waals surface area contributed by atoms with Crippen LogP contribution in [0.25, 0.3) is 0 Å². The maximum absolute atomic E-state index is 12.9. The topological polar surface area (TPSA) is 23.6 Å². The molecule has 0 N–H and O–H groups in total. The lowest BCUT2D eigenvalue weighted by atomic mass is 9.69. The summed E-state index contributed by atoms with van der Waals surface area (Å²) in [4.78, 5) is 17.7. The Kier molecular flexibility index (Phi) is 5.35. The van der Waals surface area contributed by atoms with E-state index in [1.807, 2.05) is 0 Å². The molecule has 2 saturated carbocycles. The van der Waals surface area contributed by atoms with Crippen molar-refractivity contribution < 1.29 is 4.79 Å². The Morgan fingerprint density at radius 3 is 2.22 bits per heavy atom. The third-order valence-corrected chi connectivity index (χ3v) is 6.41. The first kappa shape index (κ1) is 17.3. The zero-order valence-corrected chi connectivity index (χ0v) is 15.5. The maximum Gasteiger partial charge on any atom is 0.225 e. The summed E-state index contributed by atoms with van der Waals surface area (Å²) < 4.78 is 0. The highest BCUT2D eigenvalue weighted by Gasteiger charge is 2.34. The standard InChI is InChI=1S/C20H36N2O/c1-20(2,3)18-9-7-17(8-10-18)19(23)22-12-4-11-21(13-14-22)15-16-5-6-16/h16-18H,4-15H2,1-3H3. The van der Waals surface area contributed by atoms with Gasteiger partial charge in [0.05, 0.1) is 0 Å². The van der Waals surface area contributed by atoms with Gasteiger partial charge in [0.1, 0.15) is 0 Å². The molecule has 1 aliphatic heterocycles. The van der Waals surface area contributed by atoms with Crippen LogP contribution >= 0.6 is 0 Å². The zero-order chi connectivity index (χ0) is 16.4. The van der Waals surface area contributed by atoms with Crippen molar-refractivity contribution in [1.29, 1.82) is 0 Å². The molecule has 3 heteroatoms. The van der Waals surface area contributed by atoms with Gasteiger partial charge in [0.25, 0.3) is 0 Å². The van der Waals surface area contributed by atoms with Gasteiger partial charge in [-0.1, -0.05) is 20.8 Å². The van der Waals surface area contributed by atoms with Crippen LogP contribution in [0.1, 0.15) is 65.7 Å².